The van der Waals surface area contributed by atoms with Crippen molar-refractivity contribution in [2.75, 3.05) is 23.8 Å². The van der Waals surface area contributed by atoms with Gasteiger partial charge in [-0.25, -0.2) is 4.98 Å². The Kier molecular flexibility index (Phi) is 7.75. The van der Waals surface area contributed by atoms with E-state index in [9.17, 15) is 9.59 Å². The number of aromatic nitrogens is 1. The molecule has 1 unspecified atom stereocenters. The average Bonchev–Trinajstić information content (AvgIpc) is 3.51. The van der Waals surface area contributed by atoms with Crippen molar-refractivity contribution < 1.29 is 19.1 Å². The van der Waals surface area contributed by atoms with Crippen molar-refractivity contribution in [1.82, 2.24) is 4.98 Å². The molecule has 1 saturated heterocycles. The maximum absolute atomic E-state index is 12.6. The third kappa shape index (κ3) is 6.52. The molecule has 7 nitrogen and oxygen atoms in total. The first-order valence-electron chi connectivity index (χ1n) is 10.2. The molecule has 3 heterocycles. The molecule has 0 saturated carbocycles. The first-order valence-corrected chi connectivity index (χ1v) is 12.3. The minimum absolute atomic E-state index is 0.0645. The molecule has 2 aromatic heterocycles. The van der Waals surface area contributed by atoms with Gasteiger partial charge in [0.25, 0.3) is 0 Å². The Hall–Kier alpha value is -2.46. The summed E-state index contributed by atoms with van der Waals surface area (Å²) in [6.45, 7) is 1.17. The largest absolute Gasteiger partial charge is 0.489 e. The van der Waals surface area contributed by atoms with Gasteiger partial charge < -0.3 is 20.1 Å². The second-order valence-electron chi connectivity index (χ2n) is 7.26. The van der Waals surface area contributed by atoms with Crippen molar-refractivity contribution in [3.63, 3.8) is 0 Å². The number of ether oxygens (including phenoxy) is 2. The Morgan fingerprint density at radius 2 is 2.06 bits per heavy atom. The Morgan fingerprint density at radius 1 is 1.19 bits per heavy atom. The van der Waals surface area contributed by atoms with E-state index < -0.39 is 0 Å². The smallest absolute Gasteiger partial charge is 0.231 e. The number of halogens is 1. The Labute approximate surface area is 198 Å². The minimum Gasteiger partial charge on any atom is -0.489 e. The molecule has 0 spiro atoms. The lowest BCUT2D eigenvalue weighted by atomic mass is 10.2. The van der Waals surface area contributed by atoms with E-state index in [0.717, 1.165) is 24.3 Å². The van der Waals surface area contributed by atoms with E-state index in [4.69, 9.17) is 21.1 Å². The zero-order chi connectivity index (χ0) is 22.3. The fraction of sp³-hybridized carbons (Fsp3) is 0.318. The van der Waals surface area contributed by atoms with Gasteiger partial charge >= 0.3 is 0 Å². The molecule has 1 aliphatic rings. The van der Waals surface area contributed by atoms with Gasteiger partial charge in [-0.2, -0.15) is 0 Å². The normalized spacial score (nSPS) is 15.5. The van der Waals surface area contributed by atoms with Crippen molar-refractivity contribution in [3.8, 4) is 5.75 Å². The van der Waals surface area contributed by atoms with Crippen molar-refractivity contribution in [1.29, 1.82) is 0 Å². The van der Waals surface area contributed by atoms with Crippen LogP contribution in [0.3, 0.4) is 0 Å². The maximum atomic E-state index is 12.6. The number of rotatable bonds is 9. The molecule has 1 aromatic carbocycles. The first kappa shape index (κ1) is 22.7. The molecule has 1 fully saturated rings. The Bertz CT molecular complexity index is 1070. The van der Waals surface area contributed by atoms with Crippen LogP contribution in [0, 0.1) is 0 Å². The Morgan fingerprint density at radius 3 is 2.84 bits per heavy atom. The van der Waals surface area contributed by atoms with Gasteiger partial charge in [-0.3, -0.25) is 9.59 Å². The molecule has 10 heteroatoms. The lowest BCUT2D eigenvalue weighted by Gasteiger charge is -2.15. The number of nitrogens with one attached hydrogen (secondary N) is 2. The molecule has 168 valence electrons. The fourth-order valence-corrected chi connectivity index (χ4v) is 4.83. The monoisotopic (exact) mass is 491 g/mol. The van der Waals surface area contributed by atoms with E-state index in [2.05, 4.69) is 15.6 Å². The lowest BCUT2D eigenvalue weighted by molar-refractivity contribution is -0.116. The van der Waals surface area contributed by atoms with Gasteiger partial charge in [0.1, 0.15) is 12.4 Å². The Balaban J connectivity index is 1.31. The lowest BCUT2D eigenvalue weighted by Crippen LogP contribution is -2.19. The van der Waals surface area contributed by atoms with Crippen LogP contribution in [0.1, 0.15) is 23.4 Å². The summed E-state index contributed by atoms with van der Waals surface area (Å²) in [5.41, 5.74) is 1.07. The molecule has 3 aromatic rings. The topological polar surface area (TPSA) is 89.6 Å². The van der Waals surface area contributed by atoms with E-state index >= 15 is 0 Å². The summed E-state index contributed by atoms with van der Waals surface area (Å²) in [4.78, 5) is 30.0. The van der Waals surface area contributed by atoms with Crippen molar-refractivity contribution in [3.05, 3.63) is 56.7 Å². The second kappa shape index (κ2) is 10.9. The summed E-state index contributed by atoms with van der Waals surface area (Å²) >= 11 is 8.93. The van der Waals surface area contributed by atoms with Gasteiger partial charge in [0.15, 0.2) is 5.13 Å². The van der Waals surface area contributed by atoms with Crippen LogP contribution in [0.25, 0.3) is 0 Å². The number of anilines is 2. The zero-order valence-corrected chi connectivity index (χ0v) is 19.5. The highest BCUT2D eigenvalue weighted by atomic mass is 35.5. The molecule has 4 rings (SSSR count). The summed E-state index contributed by atoms with van der Waals surface area (Å²) in [5.74, 6) is 0.152. The number of amides is 2. The summed E-state index contributed by atoms with van der Waals surface area (Å²) in [6.07, 6.45) is 2.43. The van der Waals surface area contributed by atoms with Gasteiger partial charge in [-0.1, -0.05) is 17.7 Å². The zero-order valence-electron chi connectivity index (χ0n) is 17.1. The van der Waals surface area contributed by atoms with Crippen LogP contribution in [0.15, 0.2) is 41.1 Å². The van der Waals surface area contributed by atoms with Crippen LogP contribution in [-0.4, -0.2) is 36.1 Å². The van der Waals surface area contributed by atoms with E-state index in [1.807, 2.05) is 17.5 Å². The van der Waals surface area contributed by atoms with Crippen molar-refractivity contribution in [2.24, 2.45) is 0 Å². The predicted octanol–water partition coefficient (Wildman–Crippen LogP) is 4.78. The quantitative estimate of drug-likeness (QED) is 0.449. The van der Waals surface area contributed by atoms with E-state index in [1.54, 1.807) is 23.6 Å². The van der Waals surface area contributed by atoms with Gasteiger partial charge in [0.2, 0.25) is 11.8 Å². The van der Waals surface area contributed by atoms with Gasteiger partial charge in [-0.05, 0) is 42.5 Å². The molecule has 1 atom stereocenters. The third-order valence-corrected chi connectivity index (χ3v) is 6.64. The predicted molar refractivity (Wildman–Crippen MR) is 127 cm³/mol. The number of benzene rings is 1. The third-order valence-electron chi connectivity index (χ3n) is 4.72. The first-order chi connectivity index (χ1) is 15.5. The number of hydrogen-bond acceptors (Lipinski definition) is 7. The van der Waals surface area contributed by atoms with Gasteiger partial charge in [0, 0.05) is 21.9 Å². The minimum atomic E-state index is -0.254. The molecule has 0 aliphatic carbocycles. The highest BCUT2D eigenvalue weighted by molar-refractivity contribution is 7.14. The number of hydrogen-bond donors (Lipinski definition) is 2. The molecule has 32 heavy (non-hydrogen) atoms. The summed E-state index contributed by atoms with van der Waals surface area (Å²) in [5, 5.41) is 10.3. The number of carbonyl (C=O) groups excluding carboxylic acids is 2. The highest BCUT2D eigenvalue weighted by Gasteiger charge is 2.18. The van der Waals surface area contributed by atoms with Crippen LogP contribution in [0.4, 0.5) is 10.8 Å². The van der Waals surface area contributed by atoms with E-state index in [0.29, 0.717) is 40.3 Å². The van der Waals surface area contributed by atoms with Crippen LogP contribution >= 0.6 is 34.3 Å². The standard InChI is InChI=1S/C22H22ClN3O4S2/c23-14-5-6-19(30-12-16-3-1-7-29-16)18(9-14)25-20(27)10-15-13-32-22(24-15)26-21(28)11-17-4-2-8-31-17/h2,4-6,8-9,13,16H,1,3,7,10-12H2,(H,25,27)(H,24,26,28). The summed E-state index contributed by atoms with van der Waals surface area (Å²) in [6, 6.07) is 8.93. The average molecular weight is 492 g/mol. The summed E-state index contributed by atoms with van der Waals surface area (Å²) < 4.78 is 11.4. The van der Waals surface area contributed by atoms with Crippen molar-refractivity contribution >= 4 is 56.9 Å². The number of thiazole rings is 1. The molecule has 1 aliphatic heterocycles. The molecule has 2 N–H and O–H groups in total. The summed E-state index contributed by atoms with van der Waals surface area (Å²) in [7, 11) is 0. The fourth-order valence-electron chi connectivity index (χ4n) is 3.22. The number of thiophene rings is 1. The van der Waals surface area contributed by atoms with Crippen molar-refractivity contribution in [2.45, 2.75) is 31.8 Å². The van der Waals surface area contributed by atoms with E-state index in [1.165, 1.54) is 22.7 Å². The van der Waals surface area contributed by atoms with Gasteiger partial charge in [0.05, 0.1) is 30.3 Å². The maximum Gasteiger partial charge on any atom is 0.231 e. The van der Waals surface area contributed by atoms with Crippen LogP contribution in [-0.2, 0) is 27.2 Å². The highest BCUT2D eigenvalue weighted by Crippen LogP contribution is 2.29. The molecule has 2 amide bonds. The molecular weight excluding hydrogens is 470 g/mol. The van der Waals surface area contributed by atoms with Gasteiger partial charge in [-0.15, -0.1) is 22.7 Å². The second-order valence-corrected chi connectivity index (χ2v) is 9.59. The number of nitrogens with zero attached hydrogens (tertiary/aromatic N) is 1. The van der Waals surface area contributed by atoms with Crippen LogP contribution in [0.5, 0.6) is 5.75 Å². The molecule has 0 bridgehead atoms. The SMILES string of the molecule is O=C(Cc1cccs1)Nc1nc(CC(=O)Nc2cc(Cl)ccc2OCC2CCCO2)cs1. The van der Waals surface area contributed by atoms with Crippen LogP contribution < -0.4 is 15.4 Å². The molecular formula is C22H22ClN3O4S2. The molecule has 0 radical (unpaired) electrons. The number of carbonyl (C=O) groups is 2. The van der Waals surface area contributed by atoms with E-state index in [-0.39, 0.29) is 24.3 Å². The van der Waals surface area contributed by atoms with Crippen LogP contribution in [0.2, 0.25) is 5.02 Å².